The van der Waals surface area contributed by atoms with Crippen molar-refractivity contribution in [1.29, 1.82) is 0 Å². The SMILES string of the molecule is O=C(N/C=C/c1ccccc1Br)NCc1ccc(C(=O)O)cc1. The quantitative estimate of drug-likeness (QED) is 0.747. The van der Waals surface area contributed by atoms with Crippen LogP contribution in [0.3, 0.4) is 0 Å². The number of rotatable bonds is 5. The van der Waals surface area contributed by atoms with Crippen LogP contribution < -0.4 is 10.6 Å². The Morgan fingerprint density at radius 1 is 1.09 bits per heavy atom. The van der Waals surface area contributed by atoms with E-state index >= 15 is 0 Å². The highest BCUT2D eigenvalue weighted by atomic mass is 79.9. The van der Waals surface area contributed by atoms with Crippen LogP contribution in [-0.4, -0.2) is 17.1 Å². The van der Waals surface area contributed by atoms with Gasteiger partial charge in [0.2, 0.25) is 0 Å². The first-order chi connectivity index (χ1) is 11.1. The second-order valence-electron chi connectivity index (χ2n) is 4.68. The van der Waals surface area contributed by atoms with Crippen molar-refractivity contribution >= 4 is 34.0 Å². The molecule has 2 amide bonds. The number of carboxylic acid groups (broad SMARTS) is 1. The van der Waals surface area contributed by atoms with Gasteiger partial charge in [0.15, 0.2) is 0 Å². The van der Waals surface area contributed by atoms with Crippen LogP contribution in [-0.2, 0) is 6.54 Å². The molecular formula is C17H15BrN2O3. The van der Waals surface area contributed by atoms with Crippen molar-refractivity contribution in [3.8, 4) is 0 Å². The predicted molar refractivity (Wildman–Crippen MR) is 91.9 cm³/mol. The van der Waals surface area contributed by atoms with Gasteiger partial charge in [0.25, 0.3) is 0 Å². The van der Waals surface area contributed by atoms with E-state index in [4.69, 9.17) is 5.11 Å². The molecule has 0 fully saturated rings. The van der Waals surface area contributed by atoms with Crippen molar-refractivity contribution < 1.29 is 14.7 Å². The molecule has 3 N–H and O–H groups in total. The van der Waals surface area contributed by atoms with Crippen LogP contribution in [0.15, 0.2) is 59.2 Å². The van der Waals surface area contributed by atoms with E-state index in [1.165, 1.54) is 12.1 Å². The first kappa shape index (κ1) is 16.8. The van der Waals surface area contributed by atoms with E-state index in [1.54, 1.807) is 24.4 Å². The fourth-order valence-electron chi connectivity index (χ4n) is 1.82. The molecule has 0 spiro atoms. The van der Waals surface area contributed by atoms with Crippen molar-refractivity contribution in [2.45, 2.75) is 6.54 Å². The Balaban J connectivity index is 1.81. The summed E-state index contributed by atoms with van der Waals surface area (Å²) in [5.74, 6) is -0.973. The molecule has 0 aliphatic carbocycles. The van der Waals surface area contributed by atoms with E-state index in [0.717, 1.165) is 15.6 Å². The number of amides is 2. The summed E-state index contributed by atoms with van der Waals surface area (Å²) < 4.78 is 0.942. The summed E-state index contributed by atoms with van der Waals surface area (Å²) in [6.07, 6.45) is 3.34. The number of halogens is 1. The molecule has 2 aromatic rings. The molecule has 2 rings (SSSR count). The van der Waals surface area contributed by atoms with Gasteiger partial charge in [-0.1, -0.05) is 46.3 Å². The number of carboxylic acids is 1. The zero-order valence-electron chi connectivity index (χ0n) is 12.1. The maximum Gasteiger partial charge on any atom is 0.335 e. The van der Waals surface area contributed by atoms with Crippen LogP contribution in [0.2, 0.25) is 0 Å². The van der Waals surface area contributed by atoms with Gasteiger partial charge in [0, 0.05) is 17.2 Å². The van der Waals surface area contributed by atoms with E-state index in [-0.39, 0.29) is 11.6 Å². The van der Waals surface area contributed by atoms with Gasteiger partial charge in [0.05, 0.1) is 5.56 Å². The maximum atomic E-state index is 11.7. The van der Waals surface area contributed by atoms with Gasteiger partial charge in [0.1, 0.15) is 0 Å². The Morgan fingerprint density at radius 3 is 2.43 bits per heavy atom. The first-order valence-corrected chi connectivity index (χ1v) is 7.63. The topological polar surface area (TPSA) is 78.4 Å². The van der Waals surface area contributed by atoms with Gasteiger partial charge in [-0.25, -0.2) is 9.59 Å². The number of hydrogen-bond donors (Lipinski definition) is 3. The molecule has 0 unspecified atom stereocenters. The summed E-state index contributed by atoms with van der Waals surface area (Å²) in [5.41, 5.74) is 1.99. The highest BCUT2D eigenvalue weighted by Crippen LogP contribution is 2.16. The monoisotopic (exact) mass is 374 g/mol. The molecule has 118 valence electrons. The number of nitrogens with one attached hydrogen (secondary N) is 2. The average Bonchev–Trinajstić information content (AvgIpc) is 2.55. The third-order valence-electron chi connectivity index (χ3n) is 3.04. The summed E-state index contributed by atoms with van der Waals surface area (Å²) in [7, 11) is 0. The molecule has 0 heterocycles. The first-order valence-electron chi connectivity index (χ1n) is 6.84. The third-order valence-corrected chi connectivity index (χ3v) is 3.76. The standard InChI is InChI=1S/C17H15BrN2O3/c18-15-4-2-1-3-13(15)9-10-19-17(23)20-11-12-5-7-14(8-6-12)16(21)22/h1-10H,11H2,(H,21,22)(H2,19,20,23)/b10-9+. The van der Waals surface area contributed by atoms with Gasteiger partial charge in [-0.15, -0.1) is 0 Å². The highest BCUT2D eigenvalue weighted by molar-refractivity contribution is 9.10. The second kappa shape index (κ2) is 8.14. The van der Waals surface area contributed by atoms with Gasteiger partial charge in [-0.3, -0.25) is 0 Å². The lowest BCUT2D eigenvalue weighted by Crippen LogP contribution is -2.31. The van der Waals surface area contributed by atoms with Gasteiger partial charge >= 0.3 is 12.0 Å². The lowest BCUT2D eigenvalue weighted by atomic mass is 10.1. The van der Waals surface area contributed by atoms with Crippen LogP contribution in [0.4, 0.5) is 4.79 Å². The Bertz CT molecular complexity index is 727. The normalized spacial score (nSPS) is 10.5. The molecule has 0 aliphatic rings. The highest BCUT2D eigenvalue weighted by Gasteiger charge is 2.02. The number of aromatic carboxylic acids is 1. The molecule has 0 saturated heterocycles. The summed E-state index contributed by atoms with van der Waals surface area (Å²) in [4.78, 5) is 22.4. The molecule has 0 saturated carbocycles. The summed E-state index contributed by atoms with van der Waals surface area (Å²) in [5, 5.41) is 14.1. The zero-order chi connectivity index (χ0) is 16.7. The molecule has 0 atom stereocenters. The molecule has 0 aliphatic heterocycles. The zero-order valence-corrected chi connectivity index (χ0v) is 13.7. The Hall–Kier alpha value is -2.60. The molecule has 0 radical (unpaired) electrons. The molecule has 0 aromatic heterocycles. The van der Waals surface area contributed by atoms with Crippen molar-refractivity contribution in [2.75, 3.05) is 0 Å². The lowest BCUT2D eigenvalue weighted by molar-refractivity contribution is 0.0697. The molecular weight excluding hydrogens is 360 g/mol. The summed E-state index contributed by atoms with van der Waals surface area (Å²) in [6, 6.07) is 13.7. The summed E-state index contributed by atoms with van der Waals surface area (Å²) in [6.45, 7) is 0.314. The van der Waals surface area contributed by atoms with Crippen LogP contribution in [0.5, 0.6) is 0 Å². The van der Waals surface area contributed by atoms with Crippen molar-refractivity contribution in [3.05, 3.63) is 75.9 Å². The van der Waals surface area contributed by atoms with E-state index in [2.05, 4.69) is 26.6 Å². The maximum absolute atomic E-state index is 11.7. The lowest BCUT2D eigenvalue weighted by Gasteiger charge is -2.05. The second-order valence-corrected chi connectivity index (χ2v) is 5.54. The molecule has 2 aromatic carbocycles. The molecule has 0 bridgehead atoms. The molecule has 5 nitrogen and oxygen atoms in total. The average molecular weight is 375 g/mol. The van der Waals surface area contributed by atoms with Crippen LogP contribution in [0.1, 0.15) is 21.5 Å². The minimum Gasteiger partial charge on any atom is -0.478 e. The minimum atomic E-state index is -0.973. The summed E-state index contributed by atoms with van der Waals surface area (Å²) >= 11 is 3.42. The Kier molecular flexibility index (Phi) is 5.94. The smallest absolute Gasteiger partial charge is 0.335 e. The van der Waals surface area contributed by atoms with Crippen molar-refractivity contribution in [3.63, 3.8) is 0 Å². The van der Waals surface area contributed by atoms with Crippen LogP contribution >= 0.6 is 15.9 Å². The van der Waals surface area contributed by atoms with E-state index in [0.29, 0.717) is 6.54 Å². The number of urea groups is 1. The van der Waals surface area contributed by atoms with Crippen LogP contribution in [0, 0.1) is 0 Å². The van der Waals surface area contributed by atoms with Crippen molar-refractivity contribution in [2.24, 2.45) is 0 Å². The van der Waals surface area contributed by atoms with Gasteiger partial charge in [-0.05, 0) is 35.4 Å². The van der Waals surface area contributed by atoms with Gasteiger partial charge in [-0.2, -0.15) is 0 Å². The van der Waals surface area contributed by atoms with E-state index in [9.17, 15) is 9.59 Å². The largest absolute Gasteiger partial charge is 0.478 e. The number of hydrogen-bond acceptors (Lipinski definition) is 2. The van der Waals surface area contributed by atoms with E-state index < -0.39 is 5.97 Å². The Morgan fingerprint density at radius 2 is 1.78 bits per heavy atom. The fourth-order valence-corrected chi connectivity index (χ4v) is 2.23. The van der Waals surface area contributed by atoms with Crippen LogP contribution in [0.25, 0.3) is 6.08 Å². The molecule has 23 heavy (non-hydrogen) atoms. The predicted octanol–water partition coefficient (Wildman–Crippen LogP) is 3.62. The third kappa shape index (κ3) is 5.27. The van der Waals surface area contributed by atoms with E-state index in [1.807, 2.05) is 24.3 Å². The fraction of sp³-hybridized carbons (Fsp3) is 0.0588. The molecule has 6 heteroatoms. The number of carbonyl (C=O) groups is 2. The van der Waals surface area contributed by atoms with Crippen molar-refractivity contribution in [1.82, 2.24) is 10.6 Å². The minimum absolute atomic E-state index is 0.217. The van der Waals surface area contributed by atoms with Gasteiger partial charge < -0.3 is 15.7 Å². The number of carbonyl (C=O) groups excluding carboxylic acids is 1. The Labute approximate surface area is 142 Å². The number of benzene rings is 2.